The molecule has 0 atom stereocenters. The smallest absolute Gasteiger partial charge is 0.252 e. The topological polar surface area (TPSA) is 61.5 Å². The van der Waals surface area contributed by atoms with Crippen LogP contribution in [0.15, 0.2) is 12.1 Å². The van der Waals surface area contributed by atoms with Crippen molar-refractivity contribution in [2.24, 2.45) is 5.73 Å². The monoisotopic (exact) mass is 215 g/mol. The first-order chi connectivity index (χ1) is 6.61. The molecule has 0 spiro atoms. The first-order valence-corrected chi connectivity index (χ1v) is 4.20. The second kappa shape index (κ2) is 4.19. The van der Waals surface area contributed by atoms with Gasteiger partial charge in [-0.3, -0.25) is 4.79 Å². The lowest BCUT2D eigenvalue weighted by Gasteiger charge is -2.11. The van der Waals surface area contributed by atoms with E-state index in [9.17, 15) is 4.79 Å². The Balaban J connectivity index is 3.40. The van der Waals surface area contributed by atoms with Crippen LogP contribution < -0.4 is 15.2 Å². The minimum Gasteiger partial charge on any atom is -0.492 e. The van der Waals surface area contributed by atoms with Crippen molar-refractivity contribution in [2.45, 2.75) is 0 Å². The van der Waals surface area contributed by atoms with E-state index in [4.69, 9.17) is 26.8 Å². The Kier molecular flexibility index (Phi) is 3.19. The summed E-state index contributed by atoms with van der Waals surface area (Å²) >= 11 is 5.83. The molecular weight excluding hydrogens is 206 g/mol. The van der Waals surface area contributed by atoms with Gasteiger partial charge in [0.25, 0.3) is 5.91 Å². The first kappa shape index (κ1) is 10.7. The Bertz CT molecular complexity index is 365. The van der Waals surface area contributed by atoms with Crippen molar-refractivity contribution in [2.75, 3.05) is 14.2 Å². The van der Waals surface area contributed by atoms with E-state index in [0.717, 1.165) is 0 Å². The van der Waals surface area contributed by atoms with Gasteiger partial charge in [0.05, 0.1) is 24.8 Å². The third-order valence-electron chi connectivity index (χ3n) is 1.74. The van der Waals surface area contributed by atoms with E-state index in [0.29, 0.717) is 10.8 Å². The minimum atomic E-state index is -0.586. The fraction of sp³-hybridized carbons (Fsp3) is 0.222. The Morgan fingerprint density at radius 3 is 2.29 bits per heavy atom. The second-order valence-electron chi connectivity index (χ2n) is 2.53. The molecule has 4 nitrogen and oxygen atoms in total. The van der Waals surface area contributed by atoms with Crippen molar-refractivity contribution in [3.8, 4) is 11.5 Å². The molecule has 5 heteroatoms. The minimum absolute atomic E-state index is 0.244. The molecule has 0 aliphatic heterocycles. The molecular formula is C9H10ClNO3. The quantitative estimate of drug-likeness (QED) is 0.830. The summed E-state index contributed by atoms with van der Waals surface area (Å²) in [4.78, 5) is 11.0. The molecule has 0 aliphatic carbocycles. The van der Waals surface area contributed by atoms with Crippen molar-refractivity contribution < 1.29 is 14.3 Å². The summed E-state index contributed by atoms with van der Waals surface area (Å²) in [5.74, 6) is -0.0187. The summed E-state index contributed by atoms with van der Waals surface area (Å²) in [5, 5.41) is 0.370. The molecule has 0 aliphatic rings. The van der Waals surface area contributed by atoms with Gasteiger partial charge in [-0.15, -0.1) is 0 Å². The average molecular weight is 216 g/mol. The number of hydrogen-bond acceptors (Lipinski definition) is 3. The lowest BCUT2D eigenvalue weighted by Crippen LogP contribution is -2.13. The molecule has 0 heterocycles. The summed E-state index contributed by atoms with van der Waals surface area (Å²) in [5.41, 5.74) is 5.39. The number of halogens is 1. The number of methoxy groups -OCH3 is 2. The van der Waals surface area contributed by atoms with E-state index in [-0.39, 0.29) is 11.3 Å². The third kappa shape index (κ3) is 1.75. The van der Waals surface area contributed by atoms with Crippen LogP contribution in [0.3, 0.4) is 0 Å². The molecule has 1 aromatic carbocycles. The van der Waals surface area contributed by atoms with Crippen molar-refractivity contribution >= 4 is 17.5 Å². The van der Waals surface area contributed by atoms with Gasteiger partial charge in [-0.2, -0.15) is 0 Å². The van der Waals surface area contributed by atoms with Crippen LogP contribution in [0.1, 0.15) is 10.4 Å². The maximum atomic E-state index is 11.0. The van der Waals surface area contributed by atoms with Gasteiger partial charge >= 0.3 is 0 Å². The van der Waals surface area contributed by atoms with Gasteiger partial charge in [-0.1, -0.05) is 11.6 Å². The Hall–Kier alpha value is -1.42. The molecule has 2 N–H and O–H groups in total. The number of benzene rings is 1. The van der Waals surface area contributed by atoms with Gasteiger partial charge in [0.15, 0.2) is 11.5 Å². The summed E-state index contributed by atoms with van der Waals surface area (Å²) < 4.78 is 9.99. The number of amides is 1. The lowest BCUT2D eigenvalue weighted by molar-refractivity contribution is 0.0997. The van der Waals surface area contributed by atoms with Crippen LogP contribution in [-0.2, 0) is 0 Å². The van der Waals surface area contributed by atoms with Crippen LogP contribution in [0, 0.1) is 0 Å². The van der Waals surface area contributed by atoms with E-state index in [1.165, 1.54) is 26.4 Å². The molecule has 0 saturated carbocycles. The van der Waals surface area contributed by atoms with Crippen LogP contribution in [0.4, 0.5) is 0 Å². The maximum absolute atomic E-state index is 11.0. The van der Waals surface area contributed by atoms with Gasteiger partial charge in [-0.05, 0) is 12.1 Å². The maximum Gasteiger partial charge on any atom is 0.252 e. The second-order valence-corrected chi connectivity index (χ2v) is 2.93. The zero-order chi connectivity index (χ0) is 10.7. The SMILES string of the molecule is COc1c(Cl)ccc(C(N)=O)c1OC. The zero-order valence-corrected chi connectivity index (χ0v) is 8.59. The van der Waals surface area contributed by atoms with Gasteiger partial charge < -0.3 is 15.2 Å². The number of nitrogens with two attached hydrogens (primary N) is 1. The van der Waals surface area contributed by atoms with Gasteiger partial charge in [0, 0.05) is 0 Å². The van der Waals surface area contributed by atoms with Crippen LogP contribution >= 0.6 is 11.6 Å². The van der Waals surface area contributed by atoms with Gasteiger partial charge in [0.2, 0.25) is 0 Å². The van der Waals surface area contributed by atoms with Crippen molar-refractivity contribution in [1.29, 1.82) is 0 Å². The molecule has 0 aromatic heterocycles. The van der Waals surface area contributed by atoms with Gasteiger partial charge in [-0.25, -0.2) is 0 Å². The summed E-state index contributed by atoms with van der Waals surface area (Å²) in [6.07, 6.45) is 0. The summed E-state index contributed by atoms with van der Waals surface area (Å²) in [6.45, 7) is 0. The summed E-state index contributed by atoms with van der Waals surface area (Å²) in [6, 6.07) is 3.02. The number of primary amides is 1. The molecule has 0 radical (unpaired) electrons. The standard InChI is InChI=1S/C9H10ClNO3/c1-13-7-5(9(11)12)3-4-6(10)8(7)14-2/h3-4H,1-2H3,(H2,11,12). The molecule has 1 rings (SSSR count). The third-order valence-corrected chi connectivity index (χ3v) is 2.04. The first-order valence-electron chi connectivity index (χ1n) is 3.82. The molecule has 1 aromatic rings. The highest BCUT2D eigenvalue weighted by atomic mass is 35.5. The van der Waals surface area contributed by atoms with E-state index >= 15 is 0 Å². The Morgan fingerprint density at radius 1 is 1.29 bits per heavy atom. The fourth-order valence-electron chi connectivity index (χ4n) is 1.13. The lowest BCUT2D eigenvalue weighted by atomic mass is 10.2. The number of ether oxygens (including phenoxy) is 2. The number of rotatable bonds is 3. The zero-order valence-electron chi connectivity index (χ0n) is 7.83. The highest BCUT2D eigenvalue weighted by Gasteiger charge is 2.16. The predicted molar refractivity (Wildman–Crippen MR) is 53.1 cm³/mol. The molecule has 0 bridgehead atoms. The number of carbonyl (C=O) groups is 1. The van der Waals surface area contributed by atoms with Crippen molar-refractivity contribution in [3.63, 3.8) is 0 Å². The normalized spacial score (nSPS) is 9.64. The molecule has 0 saturated heterocycles. The predicted octanol–water partition coefficient (Wildman–Crippen LogP) is 1.46. The van der Waals surface area contributed by atoms with E-state index < -0.39 is 5.91 Å². The van der Waals surface area contributed by atoms with E-state index in [1.54, 1.807) is 0 Å². The Labute approximate surface area is 86.6 Å². The van der Waals surface area contributed by atoms with E-state index in [1.807, 2.05) is 0 Å². The van der Waals surface area contributed by atoms with Crippen molar-refractivity contribution in [1.82, 2.24) is 0 Å². The van der Waals surface area contributed by atoms with Crippen LogP contribution in [-0.4, -0.2) is 20.1 Å². The number of carbonyl (C=O) groups excluding carboxylic acids is 1. The molecule has 1 amide bonds. The molecule has 14 heavy (non-hydrogen) atoms. The molecule has 0 fully saturated rings. The highest BCUT2D eigenvalue weighted by Crippen LogP contribution is 2.37. The molecule has 76 valence electrons. The average Bonchev–Trinajstić information content (AvgIpc) is 2.16. The van der Waals surface area contributed by atoms with Crippen LogP contribution in [0.2, 0.25) is 5.02 Å². The number of hydrogen-bond donors (Lipinski definition) is 1. The van der Waals surface area contributed by atoms with Crippen LogP contribution in [0.25, 0.3) is 0 Å². The molecule has 0 unspecified atom stereocenters. The largest absolute Gasteiger partial charge is 0.492 e. The van der Waals surface area contributed by atoms with Gasteiger partial charge in [0.1, 0.15) is 0 Å². The van der Waals surface area contributed by atoms with E-state index in [2.05, 4.69) is 0 Å². The Morgan fingerprint density at radius 2 is 1.86 bits per heavy atom. The summed E-state index contributed by atoms with van der Waals surface area (Å²) in [7, 11) is 2.86. The van der Waals surface area contributed by atoms with Crippen molar-refractivity contribution in [3.05, 3.63) is 22.7 Å². The van der Waals surface area contributed by atoms with Crippen LogP contribution in [0.5, 0.6) is 11.5 Å². The highest BCUT2D eigenvalue weighted by molar-refractivity contribution is 6.32. The fourth-order valence-corrected chi connectivity index (χ4v) is 1.35.